The Hall–Kier alpha value is -1.16. The number of hydrogen-bond acceptors (Lipinski definition) is 2. The molecule has 0 aliphatic carbocycles. The van der Waals surface area contributed by atoms with Crippen molar-refractivity contribution in [2.45, 2.75) is 32.4 Å². The maximum Gasteiger partial charge on any atom is 0.221 e. The van der Waals surface area contributed by atoms with Gasteiger partial charge in [0.1, 0.15) is 0 Å². The zero-order valence-electron chi connectivity index (χ0n) is 10.4. The van der Waals surface area contributed by atoms with E-state index in [1.54, 1.807) is 0 Å². The second-order valence-electron chi connectivity index (χ2n) is 4.02. The third-order valence-electron chi connectivity index (χ3n) is 2.30. The van der Waals surface area contributed by atoms with Crippen LogP contribution in [0.5, 0.6) is 0 Å². The van der Waals surface area contributed by atoms with E-state index in [1.807, 2.05) is 24.3 Å². The van der Waals surface area contributed by atoms with E-state index in [2.05, 4.69) is 12.2 Å². The Morgan fingerprint density at radius 2 is 2.18 bits per heavy atom. The Bertz CT molecular complexity index is 404. The van der Waals surface area contributed by atoms with Gasteiger partial charge in [-0.25, -0.2) is 0 Å². The Balaban J connectivity index is 2.59. The molecule has 0 unspecified atom stereocenters. The molecule has 0 bridgehead atoms. The van der Waals surface area contributed by atoms with E-state index in [9.17, 15) is 9.00 Å². The van der Waals surface area contributed by atoms with Gasteiger partial charge in [-0.1, -0.05) is 25.5 Å². The third kappa shape index (κ3) is 5.63. The Kier molecular flexibility index (Phi) is 5.91. The molecule has 1 aromatic rings. The summed E-state index contributed by atoms with van der Waals surface area (Å²) in [5, 5.41) is 2.72. The highest BCUT2D eigenvalue weighted by Gasteiger charge is 2.03. The molecule has 1 rings (SSSR count). The summed E-state index contributed by atoms with van der Waals surface area (Å²) in [5.41, 5.74) is 1.77. The summed E-state index contributed by atoms with van der Waals surface area (Å²) in [6.45, 7) is 3.57. The van der Waals surface area contributed by atoms with Crippen LogP contribution in [0.2, 0.25) is 0 Å². The van der Waals surface area contributed by atoms with Gasteiger partial charge in [0.2, 0.25) is 5.91 Å². The number of benzene rings is 1. The quantitative estimate of drug-likeness (QED) is 0.847. The summed E-state index contributed by atoms with van der Waals surface area (Å²) in [4.78, 5) is 10.9. The molecule has 1 atom stereocenters. The zero-order chi connectivity index (χ0) is 12.7. The second-order valence-corrected chi connectivity index (χ2v) is 5.60. The molecule has 1 aromatic carbocycles. The topological polar surface area (TPSA) is 46.2 Å². The molecule has 0 fully saturated rings. The molecule has 0 aliphatic rings. The van der Waals surface area contributed by atoms with Crippen LogP contribution in [0.4, 0.5) is 5.69 Å². The van der Waals surface area contributed by atoms with Crippen molar-refractivity contribution in [2.75, 3.05) is 11.1 Å². The lowest BCUT2D eigenvalue weighted by Crippen LogP contribution is -2.06. The van der Waals surface area contributed by atoms with Crippen molar-refractivity contribution in [1.82, 2.24) is 0 Å². The lowest BCUT2D eigenvalue weighted by molar-refractivity contribution is -0.114. The van der Waals surface area contributed by atoms with E-state index in [-0.39, 0.29) is 5.91 Å². The smallest absolute Gasteiger partial charge is 0.221 e. The van der Waals surface area contributed by atoms with E-state index in [0.29, 0.717) is 5.75 Å². The molecule has 0 aliphatic heterocycles. The van der Waals surface area contributed by atoms with Gasteiger partial charge >= 0.3 is 0 Å². The number of carbonyl (C=O) groups is 1. The van der Waals surface area contributed by atoms with Gasteiger partial charge in [0, 0.05) is 34.9 Å². The Labute approximate surface area is 105 Å². The highest BCUT2D eigenvalue weighted by molar-refractivity contribution is 7.84. The van der Waals surface area contributed by atoms with Gasteiger partial charge in [-0.3, -0.25) is 9.00 Å². The summed E-state index contributed by atoms with van der Waals surface area (Å²) in [5.74, 6) is 1.23. The largest absolute Gasteiger partial charge is 0.326 e. The number of rotatable bonds is 6. The first kappa shape index (κ1) is 13.9. The summed E-state index contributed by atoms with van der Waals surface area (Å²) >= 11 is 0. The van der Waals surface area contributed by atoms with Crippen molar-refractivity contribution in [3.63, 3.8) is 0 Å². The number of carbonyl (C=O) groups excluding carboxylic acids is 1. The van der Waals surface area contributed by atoms with Gasteiger partial charge in [0.15, 0.2) is 0 Å². The molecule has 1 N–H and O–H groups in total. The number of amides is 1. The van der Waals surface area contributed by atoms with Gasteiger partial charge in [-0.05, 0) is 24.1 Å². The fourth-order valence-corrected chi connectivity index (χ4v) is 2.81. The molecule has 0 saturated heterocycles. The van der Waals surface area contributed by atoms with Crippen LogP contribution in [0.3, 0.4) is 0 Å². The van der Waals surface area contributed by atoms with Crippen molar-refractivity contribution in [1.29, 1.82) is 0 Å². The predicted molar refractivity (Wildman–Crippen MR) is 72.4 cm³/mol. The summed E-state index contributed by atoms with van der Waals surface area (Å²) in [6.07, 6.45) is 2.07. The van der Waals surface area contributed by atoms with Gasteiger partial charge in [0.25, 0.3) is 0 Å². The maximum absolute atomic E-state index is 11.7. The molecule has 3 nitrogen and oxygen atoms in total. The lowest BCUT2D eigenvalue weighted by atomic mass is 10.2. The van der Waals surface area contributed by atoms with Crippen molar-refractivity contribution < 1.29 is 9.00 Å². The molecule has 17 heavy (non-hydrogen) atoms. The van der Waals surface area contributed by atoms with Crippen molar-refractivity contribution in [3.05, 3.63) is 29.8 Å². The number of nitrogens with one attached hydrogen (secondary N) is 1. The normalized spacial score (nSPS) is 12.1. The average Bonchev–Trinajstić information content (AvgIpc) is 2.26. The summed E-state index contributed by atoms with van der Waals surface area (Å²) < 4.78 is 11.7. The molecule has 94 valence electrons. The number of unbranched alkanes of at least 4 members (excludes halogenated alkanes) is 1. The maximum atomic E-state index is 11.7. The van der Waals surface area contributed by atoms with Crippen LogP contribution in [0.1, 0.15) is 32.3 Å². The summed E-state index contributed by atoms with van der Waals surface area (Å²) in [6, 6.07) is 7.53. The molecule has 0 radical (unpaired) electrons. The Morgan fingerprint density at radius 1 is 1.41 bits per heavy atom. The van der Waals surface area contributed by atoms with E-state index in [1.165, 1.54) is 6.92 Å². The van der Waals surface area contributed by atoms with Crippen LogP contribution in [0.25, 0.3) is 0 Å². The summed E-state index contributed by atoms with van der Waals surface area (Å²) in [7, 11) is -0.805. The second kappa shape index (κ2) is 7.22. The first-order valence-corrected chi connectivity index (χ1v) is 7.32. The fraction of sp³-hybridized carbons (Fsp3) is 0.462. The van der Waals surface area contributed by atoms with Gasteiger partial charge in [-0.15, -0.1) is 0 Å². The first-order chi connectivity index (χ1) is 8.11. The molecule has 1 amide bonds. The Morgan fingerprint density at radius 3 is 2.82 bits per heavy atom. The molecule has 0 heterocycles. The van der Waals surface area contributed by atoms with E-state index in [0.717, 1.165) is 29.8 Å². The molecular formula is C13H19NO2S. The van der Waals surface area contributed by atoms with Gasteiger partial charge in [0.05, 0.1) is 0 Å². The van der Waals surface area contributed by atoms with E-state index >= 15 is 0 Å². The van der Waals surface area contributed by atoms with Crippen LogP contribution in [-0.2, 0) is 21.3 Å². The minimum atomic E-state index is -0.805. The lowest BCUT2D eigenvalue weighted by Gasteiger charge is -2.05. The predicted octanol–water partition coefficient (Wildman–Crippen LogP) is 2.69. The average molecular weight is 253 g/mol. The highest BCUT2D eigenvalue weighted by Crippen LogP contribution is 2.12. The van der Waals surface area contributed by atoms with Crippen LogP contribution < -0.4 is 5.32 Å². The van der Waals surface area contributed by atoms with E-state index in [4.69, 9.17) is 0 Å². The highest BCUT2D eigenvalue weighted by atomic mass is 32.2. The zero-order valence-corrected chi connectivity index (χ0v) is 11.2. The third-order valence-corrected chi connectivity index (χ3v) is 3.70. The standard InChI is InChI=1S/C13H19NO2S/c1-3-4-8-17(16)10-12-6-5-7-13(9-12)14-11(2)15/h5-7,9H,3-4,8,10H2,1-2H3,(H,14,15)/t17-/m0/s1. The molecular weight excluding hydrogens is 234 g/mol. The SMILES string of the molecule is CCCC[S@](=O)Cc1cccc(NC(C)=O)c1. The van der Waals surface area contributed by atoms with Crippen LogP contribution in [-0.4, -0.2) is 15.9 Å². The van der Waals surface area contributed by atoms with Crippen LogP contribution in [0.15, 0.2) is 24.3 Å². The van der Waals surface area contributed by atoms with Crippen molar-refractivity contribution >= 4 is 22.4 Å². The number of hydrogen-bond donors (Lipinski definition) is 1. The number of anilines is 1. The molecule has 4 heteroatoms. The van der Waals surface area contributed by atoms with Crippen molar-refractivity contribution in [2.24, 2.45) is 0 Å². The van der Waals surface area contributed by atoms with E-state index < -0.39 is 10.8 Å². The molecule has 0 saturated carbocycles. The van der Waals surface area contributed by atoms with Crippen molar-refractivity contribution in [3.8, 4) is 0 Å². The fourth-order valence-electron chi connectivity index (χ4n) is 1.51. The van der Waals surface area contributed by atoms with Crippen LogP contribution >= 0.6 is 0 Å². The molecule has 0 aromatic heterocycles. The monoisotopic (exact) mass is 253 g/mol. The minimum Gasteiger partial charge on any atom is -0.326 e. The first-order valence-electron chi connectivity index (χ1n) is 5.83. The van der Waals surface area contributed by atoms with Crippen LogP contribution in [0, 0.1) is 0 Å². The van der Waals surface area contributed by atoms with Gasteiger partial charge in [-0.2, -0.15) is 0 Å². The van der Waals surface area contributed by atoms with Gasteiger partial charge < -0.3 is 5.32 Å². The molecule has 0 spiro atoms. The minimum absolute atomic E-state index is 0.0887.